The Morgan fingerprint density at radius 2 is 1.96 bits per heavy atom. The maximum Gasteiger partial charge on any atom is 0.412 e. The Morgan fingerprint density at radius 1 is 1.30 bits per heavy atom. The second-order valence-corrected chi connectivity index (χ2v) is 6.89. The van der Waals surface area contributed by atoms with E-state index in [2.05, 4.69) is 5.32 Å². The Morgan fingerprint density at radius 3 is 2.43 bits per heavy atom. The van der Waals surface area contributed by atoms with Crippen LogP contribution in [0.2, 0.25) is 0 Å². The SMILES string of the molecule is COc1ccc(NC(=O)OC(C)(C)C)c(C2(CC(=O)O)CC2)c1. The maximum atomic E-state index is 12.0. The van der Waals surface area contributed by atoms with Crippen molar-refractivity contribution in [1.82, 2.24) is 0 Å². The summed E-state index contributed by atoms with van der Waals surface area (Å²) in [7, 11) is 1.55. The molecule has 1 amide bonds. The first-order valence-corrected chi connectivity index (χ1v) is 7.55. The lowest BCUT2D eigenvalue weighted by Crippen LogP contribution is -2.28. The largest absolute Gasteiger partial charge is 0.497 e. The second-order valence-electron chi connectivity index (χ2n) is 6.89. The van der Waals surface area contributed by atoms with E-state index in [9.17, 15) is 9.59 Å². The smallest absolute Gasteiger partial charge is 0.412 e. The summed E-state index contributed by atoms with van der Waals surface area (Å²) < 4.78 is 10.5. The minimum Gasteiger partial charge on any atom is -0.497 e. The molecule has 0 saturated heterocycles. The van der Waals surface area contributed by atoms with E-state index in [-0.39, 0.29) is 6.42 Å². The summed E-state index contributed by atoms with van der Waals surface area (Å²) in [6.07, 6.45) is 1.02. The molecule has 1 saturated carbocycles. The Hall–Kier alpha value is -2.24. The first-order valence-electron chi connectivity index (χ1n) is 7.55. The number of methoxy groups -OCH3 is 1. The maximum absolute atomic E-state index is 12.0. The molecule has 2 rings (SSSR count). The minimum absolute atomic E-state index is 0.0309. The van der Waals surface area contributed by atoms with E-state index in [1.807, 2.05) is 0 Å². The molecular weight excluding hydrogens is 298 g/mol. The standard InChI is InChI=1S/C17H23NO5/c1-16(2,3)23-15(21)18-13-6-5-11(22-4)9-12(13)17(7-8-17)10-14(19)20/h5-6,9H,7-8,10H2,1-4H3,(H,18,21)(H,19,20). The lowest BCUT2D eigenvalue weighted by molar-refractivity contribution is -0.137. The van der Waals surface area contributed by atoms with Crippen LogP contribution in [0.3, 0.4) is 0 Å². The number of carbonyl (C=O) groups excluding carboxylic acids is 1. The Bertz CT molecular complexity index is 614. The predicted octanol–water partition coefficient (Wildman–Crippen LogP) is 3.55. The van der Waals surface area contributed by atoms with Crippen LogP contribution in [-0.2, 0) is 14.9 Å². The summed E-state index contributed by atoms with van der Waals surface area (Å²) in [5, 5.41) is 11.9. The fourth-order valence-electron chi connectivity index (χ4n) is 2.59. The Labute approximate surface area is 135 Å². The third kappa shape index (κ3) is 4.37. The van der Waals surface area contributed by atoms with Crippen LogP contribution in [0, 0.1) is 0 Å². The molecule has 0 aliphatic heterocycles. The predicted molar refractivity (Wildman–Crippen MR) is 86.0 cm³/mol. The van der Waals surface area contributed by atoms with Crippen molar-refractivity contribution < 1.29 is 24.2 Å². The number of benzene rings is 1. The van der Waals surface area contributed by atoms with Crippen molar-refractivity contribution >= 4 is 17.7 Å². The number of hydrogen-bond donors (Lipinski definition) is 2. The zero-order valence-corrected chi connectivity index (χ0v) is 13.9. The first kappa shape index (κ1) is 17.1. The quantitative estimate of drug-likeness (QED) is 0.866. The lowest BCUT2D eigenvalue weighted by Gasteiger charge is -2.22. The zero-order valence-electron chi connectivity index (χ0n) is 13.9. The number of carbonyl (C=O) groups is 2. The molecule has 6 heteroatoms. The zero-order chi connectivity index (χ0) is 17.3. The molecule has 0 atom stereocenters. The average Bonchev–Trinajstić information content (AvgIpc) is 3.16. The van der Waals surface area contributed by atoms with Crippen LogP contribution < -0.4 is 10.1 Å². The third-order valence-corrected chi connectivity index (χ3v) is 3.78. The van der Waals surface area contributed by atoms with Crippen LogP contribution in [-0.4, -0.2) is 29.9 Å². The molecule has 6 nitrogen and oxygen atoms in total. The van der Waals surface area contributed by atoms with Gasteiger partial charge in [-0.15, -0.1) is 0 Å². The van der Waals surface area contributed by atoms with Gasteiger partial charge in [-0.1, -0.05) is 0 Å². The van der Waals surface area contributed by atoms with Crippen LogP contribution in [0.1, 0.15) is 45.6 Å². The van der Waals surface area contributed by atoms with E-state index < -0.39 is 23.1 Å². The van der Waals surface area contributed by atoms with Crippen molar-refractivity contribution in [2.24, 2.45) is 0 Å². The molecule has 0 spiro atoms. The van der Waals surface area contributed by atoms with E-state index in [0.717, 1.165) is 18.4 Å². The van der Waals surface area contributed by atoms with Gasteiger partial charge in [0.2, 0.25) is 0 Å². The van der Waals surface area contributed by atoms with Crippen LogP contribution >= 0.6 is 0 Å². The molecule has 0 unspecified atom stereocenters. The molecule has 126 valence electrons. The average molecular weight is 321 g/mol. The van der Waals surface area contributed by atoms with Gasteiger partial charge in [0.25, 0.3) is 0 Å². The van der Waals surface area contributed by atoms with Gasteiger partial charge in [0.15, 0.2) is 0 Å². The molecule has 1 aromatic carbocycles. The number of hydrogen-bond acceptors (Lipinski definition) is 4. The summed E-state index contributed by atoms with van der Waals surface area (Å²) in [5.74, 6) is -0.222. The van der Waals surface area contributed by atoms with Gasteiger partial charge in [-0.3, -0.25) is 10.1 Å². The van der Waals surface area contributed by atoms with Gasteiger partial charge in [0.05, 0.1) is 13.5 Å². The van der Waals surface area contributed by atoms with Gasteiger partial charge >= 0.3 is 12.1 Å². The van der Waals surface area contributed by atoms with Crippen molar-refractivity contribution in [2.45, 2.75) is 51.0 Å². The fourth-order valence-corrected chi connectivity index (χ4v) is 2.59. The van der Waals surface area contributed by atoms with Crippen LogP contribution in [0.5, 0.6) is 5.75 Å². The number of carboxylic acid groups (broad SMARTS) is 1. The highest BCUT2D eigenvalue weighted by atomic mass is 16.6. The van der Waals surface area contributed by atoms with Gasteiger partial charge in [-0.05, 0) is 57.4 Å². The van der Waals surface area contributed by atoms with E-state index in [0.29, 0.717) is 11.4 Å². The van der Waals surface area contributed by atoms with Crippen molar-refractivity contribution in [3.05, 3.63) is 23.8 Å². The van der Waals surface area contributed by atoms with Crippen LogP contribution in [0.4, 0.5) is 10.5 Å². The van der Waals surface area contributed by atoms with Crippen LogP contribution in [0.15, 0.2) is 18.2 Å². The van der Waals surface area contributed by atoms with E-state index in [1.54, 1.807) is 46.1 Å². The lowest BCUT2D eigenvalue weighted by atomic mass is 9.90. The summed E-state index contributed by atoms with van der Waals surface area (Å²) in [5.41, 5.74) is 0.309. The van der Waals surface area contributed by atoms with Gasteiger partial charge < -0.3 is 14.6 Å². The molecule has 2 N–H and O–H groups in total. The first-order chi connectivity index (χ1) is 10.6. The van der Waals surface area contributed by atoms with E-state index in [1.165, 1.54) is 0 Å². The molecule has 0 radical (unpaired) electrons. The number of amides is 1. The number of anilines is 1. The molecule has 1 aromatic rings. The fraction of sp³-hybridized carbons (Fsp3) is 0.529. The van der Waals surface area contributed by atoms with Crippen molar-refractivity contribution in [3.8, 4) is 5.75 Å². The number of carboxylic acids is 1. The second kappa shape index (κ2) is 6.10. The molecule has 1 fully saturated rings. The molecular formula is C17H23NO5. The number of nitrogens with one attached hydrogen (secondary N) is 1. The summed E-state index contributed by atoms with van der Waals surface area (Å²) in [6.45, 7) is 5.36. The van der Waals surface area contributed by atoms with Gasteiger partial charge in [-0.25, -0.2) is 4.79 Å². The third-order valence-electron chi connectivity index (χ3n) is 3.78. The Balaban J connectivity index is 2.29. The monoisotopic (exact) mass is 321 g/mol. The summed E-state index contributed by atoms with van der Waals surface area (Å²) in [4.78, 5) is 23.2. The summed E-state index contributed by atoms with van der Waals surface area (Å²) >= 11 is 0. The van der Waals surface area contributed by atoms with Crippen molar-refractivity contribution in [1.29, 1.82) is 0 Å². The van der Waals surface area contributed by atoms with Gasteiger partial charge in [-0.2, -0.15) is 0 Å². The molecule has 0 aromatic heterocycles. The highest BCUT2D eigenvalue weighted by molar-refractivity contribution is 5.87. The number of rotatable bonds is 5. The molecule has 1 aliphatic rings. The highest BCUT2D eigenvalue weighted by Gasteiger charge is 2.47. The van der Waals surface area contributed by atoms with Gasteiger partial charge in [0.1, 0.15) is 11.4 Å². The number of ether oxygens (including phenoxy) is 2. The topological polar surface area (TPSA) is 84.9 Å². The summed E-state index contributed by atoms with van der Waals surface area (Å²) in [6, 6.07) is 5.25. The van der Waals surface area contributed by atoms with Crippen LogP contribution in [0.25, 0.3) is 0 Å². The Kier molecular flexibility index (Phi) is 4.54. The van der Waals surface area contributed by atoms with Crippen molar-refractivity contribution in [2.75, 3.05) is 12.4 Å². The highest BCUT2D eigenvalue weighted by Crippen LogP contribution is 2.54. The van der Waals surface area contributed by atoms with E-state index >= 15 is 0 Å². The normalized spacial score (nSPS) is 15.7. The molecule has 0 heterocycles. The van der Waals surface area contributed by atoms with Crippen molar-refractivity contribution in [3.63, 3.8) is 0 Å². The minimum atomic E-state index is -0.853. The number of aliphatic carboxylic acids is 1. The molecule has 0 bridgehead atoms. The molecule has 23 heavy (non-hydrogen) atoms. The van der Waals surface area contributed by atoms with E-state index in [4.69, 9.17) is 14.6 Å². The van der Waals surface area contributed by atoms with Gasteiger partial charge in [0, 0.05) is 11.1 Å². The molecule has 1 aliphatic carbocycles.